The molecule has 108 valence electrons. The Bertz CT molecular complexity index is 515. The monoisotopic (exact) mass is 312 g/mol. The lowest BCUT2D eigenvalue weighted by Crippen LogP contribution is -2.43. The number of halogens is 1. The molecule has 2 amide bonds. The second-order valence-electron chi connectivity index (χ2n) is 4.77. The Morgan fingerprint density at radius 3 is 2.95 bits per heavy atom. The van der Waals surface area contributed by atoms with E-state index in [2.05, 4.69) is 17.2 Å². The maximum absolute atomic E-state index is 12.2. The summed E-state index contributed by atoms with van der Waals surface area (Å²) >= 11 is 7.51. The van der Waals surface area contributed by atoms with Gasteiger partial charge in [-0.3, -0.25) is 9.59 Å². The van der Waals surface area contributed by atoms with Crippen LogP contribution in [-0.4, -0.2) is 17.9 Å². The Balaban J connectivity index is 1.89. The summed E-state index contributed by atoms with van der Waals surface area (Å²) in [6.45, 7) is 3.86. The molecule has 20 heavy (non-hydrogen) atoms. The lowest BCUT2D eigenvalue weighted by Gasteiger charge is -2.19. The SMILES string of the molecule is C=CC(=O)N[C@@H]1CCC[C@H]1C(=O)NCc1sccc1Cl. The molecule has 0 aromatic carbocycles. The van der Waals surface area contributed by atoms with E-state index < -0.39 is 0 Å². The van der Waals surface area contributed by atoms with Crippen LogP contribution in [0.15, 0.2) is 24.1 Å². The maximum atomic E-state index is 12.2. The zero-order valence-electron chi connectivity index (χ0n) is 11.0. The Kier molecular flexibility index (Phi) is 5.20. The number of hydrogen-bond acceptors (Lipinski definition) is 3. The van der Waals surface area contributed by atoms with Gasteiger partial charge in [-0.2, -0.15) is 0 Å². The molecule has 0 unspecified atom stereocenters. The molecule has 1 fully saturated rings. The van der Waals surface area contributed by atoms with Crippen molar-refractivity contribution in [3.05, 3.63) is 34.0 Å². The van der Waals surface area contributed by atoms with Crippen molar-refractivity contribution in [1.82, 2.24) is 10.6 Å². The van der Waals surface area contributed by atoms with Crippen LogP contribution in [0, 0.1) is 5.92 Å². The van der Waals surface area contributed by atoms with E-state index in [0.717, 1.165) is 24.1 Å². The highest BCUT2D eigenvalue weighted by Crippen LogP contribution is 2.27. The van der Waals surface area contributed by atoms with Gasteiger partial charge in [-0.1, -0.05) is 24.6 Å². The molecule has 1 aromatic heterocycles. The first kappa shape index (κ1) is 15.1. The highest BCUT2D eigenvalue weighted by Gasteiger charge is 2.33. The van der Waals surface area contributed by atoms with Crippen molar-refractivity contribution in [2.24, 2.45) is 5.92 Å². The fourth-order valence-corrected chi connectivity index (χ4v) is 3.48. The summed E-state index contributed by atoms with van der Waals surface area (Å²) in [5, 5.41) is 8.30. The molecule has 1 aliphatic carbocycles. The van der Waals surface area contributed by atoms with Crippen molar-refractivity contribution < 1.29 is 9.59 Å². The van der Waals surface area contributed by atoms with Gasteiger partial charge < -0.3 is 10.6 Å². The van der Waals surface area contributed by atoms with E-state index in [4.69, 9.17) is 11.6 Å². The third-order valence-corrected chi connectivity index (χ3v) is 4.87. The first-order valence-corrected chi connectivity index (χ1v) is 7.80. The summed E-state index contributed by atoms with van der Waals surface area (Å²) in [4.78, 5) is 24.5. The molecule has 0 saturated heterocycles. The van der Waals surface area contributed by atoms with E-state index in [1.165, 1.54) is 17.4 Å². The molecule has 0 bridgehead atoms. The minimum absolute atomic E-state index is 0.0265. The van der Waals surface area contributed by atoms with Crippen LogP contribution in [0.5, 0.6) is 0 Å². The third-order valence-electron chi connectivity index (χ3n) is 3.48. The summed E-state index contributed by atoms with van der Waals surface area (Å²) in [6, 6.07) is 1.72. The topological polar surface area (TPSA) is 58.2 Å². The highest BCUT2D eigenvalue weighted by atomic mass is 35.5. The fraction of sp³-hybridized carbons (Fsp3) is 0.429. The van der Waals surface area contributed by atoms with Gasteiger partial charge in [0.25, 0.3) is 0 Å². The van der Waals surface area contributed by atoms with Gasteiger partial charge in [0.15, 0.2) is 0 Å². The number of carbonyl (C=O) groups excluding carboxylic acids is 2. The number of nitrogens with one attached hydrogen (secondary N) is 2. The minimum Gasteiger partial charge on any atom is -0.351 e. The number of carbonyl (C=O) groups is 2. The molecule has 1 heterocycles. The average Bonchev–Trinajstić information content (AvgIpc) is 3.05. The lowest BCUT2D eigenvalue weighted by molar-refractivity contribution is -0.126. The van der Waals surface area contributed by atoms with Crippen LogP contribution in [0.25, 0.3) is 0 Å². The summed E-state index contributed by atoms with van der Waals surface area (Å²) in [5.41, 5.74) is 0. The van der Waals surface area contributed by atoms with Crippen LogP contribution < -0.4 is 10.6 Å². The average molecular weight is 313 g/mol. The molecule has 0 spiro atoms. The van der Waals surface area contributed by atoms with E-state index >= 15 is 0 Å². The zero-order chi connectivity index (χ0) is 14.5. The first-order valence-electron chi connectivity index (χ1n) is 6.54. The van der Waals surface area contributed by atoms with Gasteiger partial charge in [-0.15, -0.1) is 11.3 Å². The third kappa shape index (κ3) is 3.61. The summed E-state index contributed by atoms with van der Waals surface area (Å²) in [6.07, 6.45) is 3.81. The van der Waals surface area contributed by atoms with Gasteiger partial charge in [0.05, 0.1) is 17.5 Å². The Hall–Kier alpha value is -1.33. The molecule has 6 heteroatoms. The van der Waals surface area contributed by atoms with Crippen molar-refractivity contribution in [3.8, 4) is 0 Å². The molecule has 2 atom stereocenters. The van der Waals surface area contributed by atoms with Gasteiger partial charge in [-0.25, -0.2) is 0 Å². The number of amides is 2. The van der Waals surface area contributed by atoms with Gasteiger partial charge in [0.2, 0.25) is 11.8 Å². The molecular formula is C14H17ClN2O2S. The molecule has 0 aliphatic heterocycles. The van der Waals surface area contributed by atoms with E-state index in [1.54, 1.807) is 0 Å². The van der Waals surface area contributed by atoms with E-state index in [9.17, 15) is 9.59 Å². The molecule has 1 aromatic rings. The summed E-state index contributed by atoms with van der Waals surface area (Å²) < 4.78 is 0. The Morgan fingerprint density at radius 2 is 2.30 bits per heavy atom. The van der Waals surface area contributed by atoms with Crippen LogP contribution in [-0.2, 0) is 16.1 Å². The maximum Gasteiger partial charge on any atom is 0.243 e. The standard InChI is InChI=1S/C14H17ClN2O2S/c1-2-13(18)17-11-5-3-4-9(11)14(19)16-8-12-10(15)6-7-20-12/h2,6-7,9,11H,1,3-5,8H2,(H,16,19)(H,17,18)/t9-,11-/m1/s1. The van der Waals surface area contributed by atoms with Crippen LogP contribution >= 0.6 is 22.9 Å². The molecule has 2 N–H and O–H groups in total. The second-order valence-corrected chi connectivity index (χ2v) is 6.17. The van der Waals surface area contributed by atoms with Crippen LogP contribution in [0.3, 0.4) is 0 Å². The van der Waals surface area contributed by atoms with Crippen LogP contribution in [0.1, 0.15) is 24.1 Å². The van der Waals surface area contributed by atoms with Crippen molar-refractivity contribution in [2.75, 3.05) is 0 Å². The van der Waals surface area contributed by atoms with Crippen LogP contribution in [0.4, 0.5) is 0 Å². The minimum atomic E-state index is -0.226. The van der Waals surface area contributed by atoms with Crippen molar-refractivity contribution in [2.45, 2.75) is 31.8 Å². The fourth-order valence-electron chi connectivity index (χ4n) is 2.44. The highest BCUT2D eigenvalue weighted by molar-refractivity contribution is 7.10. The number of thiophene rings is 1. The Morgan fingerprint density at radius 1 is 1.50 bits per heavy atom. The van der Waals surface area contributed by atoms with Crippen molar-refractivity contribution in [3.63, 3.8) is 0 Å². The molecule has 2 rings (SSSR count). The van der Waals surface area contributed by atoms with Gasteiger partial charge in [-0.05, 0) is 30.4 Å². The lowest BCUT2D eigenvalue weighted by atomic mass is 10.0. The molecule has 0 radical (unpaired) electrons. The van der Waals surface area contributed by atoms with E-state index in [-0.39, 0.29) is 23.8 Å². The quantitative estimate of drug-likeness (QED) is 0.821. The van der Waals surface area contributed by atoms with Crippen molar-refractivity contribution >= 4 is 34.8 Å². The number of hydrogen-bond donors (Lipinski definition) is 2. The predicted molar refractivity (Wildman–Crippen MR) is 80.6 cm³/mol. The largest absolute Gasteiger partial charge is 0.351 e. The van der Waals surface area contributed by atoms with E-state index in [0.29, 0.717) is 11.6 Å². The number of rotatable bonds is 5. The van der Waals surface area contributed by atoms with Gasteiger partial charge in [0.1, 0.15) is 0 Å². The predicted octanol–water partition coefficient (Wildman–Crippen LogP) is 2.49. The molecule has 4 nitrogen and oxygen atoms in total. The molecular weight excluding hydrogens is 296 g/mol. The Labute approximate surface area is 127 Å². The first-order chi connectivity index (χ1) is 9.61. The summed E-state index contributed by atoms with van der Waals surface area (Å²) in [7, 11) is 0. The van der Waals surface area contributed by atoms with E-state index in [1.807, 2.05) is 11.4 Å². The zero-order valence-corrected chi connectivity index (χ0v) is 12.6. The molecule has 1 aliphatic rings. The molecule has 1 saturated carbocycles. The smallest absolute Gasteiger partial charge is 0.243 e. The normalized spacial score (nSPS) is 21.4. The van der Waals surface area contributed by atoms with Gasteiger partial charge in [0, 0.05) is 10.9 Å². The van der Waals surface area contributed by atoms with Gasteiger partial charge >= 0.3 is 0 Å². The second kappa shape index (κ2) is 6.90. The summed E-state index contributed by atoms with van der Waals surface area (Å²) in [5.74, 6) is -0.421. The van der Waals surface area contributed by atoms with Crippen LogP contribution in [0.2, 0.25) is 5.02 Å². The van der Waals surface area contributed by atoms with Crippen molar-refractivity contribution in [1.29, 1.82) is 0 Å².